The van der Waals surface area contributed by atoms with E-state index >= 15 is 0 Å². The lowest BCUT2D eigenvalue weighted by Gasteiger charge is -2.25. The molecule has 2 amide bonds. The van der Waals surface area contributed by atoms with E-state index in [2.05, 4.69) is 15.5 Å². The van der Waals surface area contributed by atoms with Gasteiger partial charge in [0, 0.05) is 31.3 Å². The Labute approximate surface area is 145 Å². The zero-order valence-electron chi connectivity index (χ0n) is 13.8. The van der Waals surface area contributed by atoms with Crippen LogP contribution in [0.3, 0.4) is 0 Å². The van der Waals surface area contributed by atoms with Crippen molar-refractivity contribution in [3.8, 4) is 11.3 Å². The summed E-state index contributed by atoms with van der Waals surface area (Å²) in [6.07, 6.45) is 3.63. The number of nitrogens with zero attached hydrogens (tertiary/aromatic N) is 2. The Balaban J connectivity index is 1.45. The Morgan fingerprint density at radius 2 is 2.00 bits per heavy atom. The Morgan fingerprint density at radius 1 is 1.16 bits per heavy atom. The summed E-state index contributed by atoms with van der Waals surface area (Å²) in [4.78, 5) is 26.0. The molecule has 0 unspecified atom stereocenters. The van der Waals surface area contributed by atoms with E-state index in [9.17, 15) is 9.59 Å². The van der Waals surface area contributed by atoms with Crippen LogP contribution in [0.25, 0.3) is 11.3 Å². The van der Waals surface area contributed by atoms with Crippen LogP contribution < -0.4 is 5.32 Å². The third-order valence-corrected chi connectivity index (χ3v) is 4.99. The highest BCUT2D eigenvalue weighted by atomic mass is 16.6. The van der Waals surface area contributed by atoms with Gasteiger partial charge in [-0.15, -0.1) is 0 Å². The molecule has 1 atom stereocenters. The number of alkyl carbamates (subject to hydrolysis) is 1. The predicted molar refractivity (Wildman–Crippen MR) is 91.0 cm³/mol. The van der Waals surface area contributed by atoms with E-state index in [1.54, 1.807) is 6.20 Å². The molecule has 0 aliphatic carbocycles. The second-order valence-corrected chi connectivity index (χ2v) is 6.62. The quantitative estimate of drug-likeness (QED) is 0.877. The molecule has 1 aromatic carbocycles. The largest absolute Gasteiger partial charge is 0.441 e. The normalized spacial score (nSPS) is 23.2. The minimum atomic E-state index is -0.448. The second kappa shape index (κ2) is 6.23. The number of H-pyrrole nitrogens is 1. The molecule has 130 valence electrons. The first kappa shape index (κ1) is 15.7. The number of hydrogen-bond acceptors (Lipinski definition) is 4. The van der Waals surface area contributed by atoms with Crippen LogP contribution in [0.2, 0.25) is 0 Å². The first-order valence-electron chi connectivity index (χ1n) is 8.51. The van der Waals surface area contributed by atoms with Gasteiger partial charge in [0.1, 0.15) is 5.60 Å². The third kappa shape index (κ3) is 3.09. The van der Waals surface area contributed by atoms with Crippen LogP contribution >= 0.6 is 0 Å². The summed E-state index contributed by atoms with van der Waals surface area (Å²) < 4.78 is 5.46. The number of hydrogen-bond donors (Lipinski definition) is 2. The van der Waals surface area contributed by atoms with Crippen molar-refractivity contribution in [1.82, 2.24) is 20.4 Å². The summed E-state index contributed by atoms with van der Waals surface area (Å²) in [5.74, 6) is 0.0190. The average molecular weight is 340 g/mol. The second-order valence-electron chi connectivity index (χ2n) is 6.62. The van der Waals surface area contributed by atoms with Crippen molar-refractivity contribution in [2.24, 2.45) is 0 Å². The van der Waals surface area contributed by atoms with Crippen molar-refractivity contribution >= 4 is 12.0 Å². The van der Waals surface area contributed by atoms with Crippen LogP contribution in [-0.2, 0) is 4.74 Å². The number of nitrogens with one attached hydrogen (secondary N) is 2. The van der Waals surface area contributed by atoms with Crippen molar-refractivity contribution < 1.29 is 14.3 Å². The third-order valence-electron chi connectivity index (χ3n) is 4.99. The number of ether oxygens (including phenoxy) is 1. The van der Waals surface area contributed by atoms with E-state index in [-0.39, 0.29) is 12.0 Å². The van der Waals surface area contributed by atoms with E-state index in [0.717, 1.165) is 24.1 Å². The van der Waals surface area contributed by atoms with E-state index < -0.39 is 5.60 Å². The maximum atomic E-state index is 12.8. The number of aromatic nitrogens is 2. The Hall–Kier alpha value is -2.83. The topological polar surface area (TPSA) is 87.3 Å². The number of likely N-dealkylation sites (tertiary alicyclic amines) is 1. The standard InChI is InChI=1S/C18H20N4O3/c23-16(14-4-2-13(3-5-14)15-6-9-20-21-15)22-10-1-7-18(8-11-22)12-19-17(24)25-18/h2-6,9H,1,7-8,10-12H2,(H,19,24)(H,20,21)/t18-/m1/s1. The Bertz CT molecular complexity index is 772. The van der Waals surface area contributed by atoms with E-state index in [1.807, 2.05) is 35.2 Å². The van der Waals surface area contributed by atoms with E-state index in [1.165, 1.54) is 0 Å². The smallest absolute Gasteiger partial charge is 0.407 e. The number of amides is 2. The first-order chi connectivity index (χ1) is 12.2. The fraction of sp³-hybridized carbons (Fsp3) is 0.389. The molecule has 3 heterocycles. The highest BCUT2D eigenvalue weighted by Crippen LogP contribution is 2.30. The number of benzene rings is 1. The summed E-state index contributed by atoms with van der Waals surface area (Å²) in [7, 11) is 0. The van der Waals surface area contributed by atoms with Gasteiger partial charge in [-0.3, -0.25) is 9.89 Å². The fourth-order valence-electron chi connectivity index (χ4n) is 3.54. The van der Waals surface area contributed by atoms with Gasteiger partial charge in [-0.05, 0) is 36.6 Å². The number of aromatic amines is 1. The van der Waals surface area contributed by atoms with Crippen LogP contribution in [0.5, 0.6) is 0 Å². The van der Waals surface area contributed by atoms with Gasteiger partial charge in [-0.25, -0.2) is 4.79 Å². The van der Waals surface area contributed by atoms with Crippen molar-refractivity contribution in [3.63, 3.8) is 0 Å². The molecule has 2 fully saturated rings. The molecule has 0 radical (unpaired) electrons. The molecular weight excluding hydrogens is 320 g/mol. The monoisotopic (exact) mass is 340 g/mol. The highest BCUT2D eigenvalue weighted by Gasteiger charge is 2.41. The molecular formula is C18H20N4O3. The molecule has 0 bridgehead atoms. The summed E-state index contributed by atoms with van der Waals surface area (Å²) in [6, 6.07) is 9.42. The lowest BCUT2D eigenvalue weighted by atomic mass is 9.95. The van der Waals surface area contributed by atoms with Crippen molar-refractivity contribution in [2.75, 3.05) is 19.6 Å². The van der Waals surface area contributed by atoms with Crippen LogP contribution in [0.1, 0.15) is 29.6 Å². The van der Waals surface area contributed by atoms with E-state index in [4.69, 9.17) is 4.74 Å². The minimum absolute atomic E-state index is 0.0190. The molecule has 2 saturated heterocycles. The first-order valence-corrected chi connectivity index (χ1v) is 8.51. The zero-order chi connectivity index (χ0) is 17.3. The molecule has 1 aromatic heterocycles. The number of rotatable bonds is 2. The highest BCUT2D eigenvalue weighted by molar-refractivity contribution is 5.94. The molecule has 25 heavy (non-hydrogen) atoms. The van der Waals surface area contributed by atoms with Crippen LogP contribution in [0.4, 0.5) is 4.79 Å². The maximum absolute atomic E-state index is 12.8. The fourth-order valence-corrected chi connectivity index (χ4v) is 3.54. The van der Waals surface area contributed by atoms with E-state index in [0.29, 0.717) is 31.6 Å². The van der Waals surface area contributed by atoms with Crippen LogP contribution in [0, 0.1) is 0 Å². The molecule has 2 N–H and O–H groups in total. The van der Waals surface area contributed by atoms with Gasteiger partial charge >= 0.3 is 6.09 Å². The van der Waals surface area contributed by atoms with Crippen molar-refractivity contribution in [2.45, 2.75) is 24.9 Å². The molecule has 2 aliphatic rings. The lowest BCUT2D eigenvalue weighted by Crippen LogP contribution is -2.36. The molecule has 0 saturated carbocycles. The predicted octanol–water partition coefficient (Wildman–Crippen LogP) is 2.18. The Morgan fingerprint density at radius 3 is 2.68 bits per heavy atom. The maximum Gasteiger partial charge on any atom is 0.407 e. The van der Waals surface area contributed by atoms with Gasteiger partial charge in [0.25, 0.3) is 5.91 Å². The molecule has 2 aliphatic heterocycles. The van der Waals surface area contributed by atoms with Gasteiger partial charge in [0.15, 0.2) is 0 Å². The molecule has 4 rings (SSSR count). The van der Waals surface area contributed by atoms with Crippen molar-refractivity contribution in [3.05, 3.63) is 42.1 Å². The Kier molecular flexibility index (Phi) is 3.91. The summed E-state index contributed by atoms with van der Waals surface area (Å²) in [5, 5.41) is 9.58. The zero-order valence-corrected chi connectivity index (χ0v) is 13.8. The summed E-state index contributed by atoms with van der Waals surface area (Å²) >= 11 is 0. The summed E-state index contributed by atoms with van der Waals surface area (Å²) in [6.45, 7) is 1.81. The minimum Gasteiger partial charge on any atom is -0.441 e. The van der Waals surface area contributed by atoms with Gasteiger partial charge in [-0.1, -0.05) is 12.1 Å². The van der Waals surface area contributed by atoms with Gasteiger partial charge < -0.3 is 15.0 Å². The van der Waals surface area contributed by atoms with Crippen molar-refractivity contribution in [1.29, 1.82) is 0 Å². The van der Waals surface area contributed by atoms with Crippen LogP contribution in [-0.4, -0.2) is 52.3 Å². The van der Waals surface area contributed by atoms with Gasteiger partial charge in [0.2, 0.25) is 0 Å². The number of carbonyl (C=O) groups excluding carboxylic acids is 2. The number of carbonyl (C=O) groups is 2. The lowest BCUT2D eigenvalue weighted by molar-refractivity contribution is 0.0438. The van der Waals surface area contributed by atoms with Gasteiger partial charge in [-0.2, -0.15) is 5.10 Å². The average Bonchev–Trinajstić information content (AvgIpc) is 3.23. The molecule has 7 heteroatoms. The van der Waals surface area contributed by atoms with Gasteiger partial charge in [0.05, 0.1) is 12.2 Å². The molecule has 7 nitrogen and oxygen atoms in total. The summed E-state index contributed by atoms with van der Waals surface area (Å²) in [5.41, 5.74) is 2.14. The molecule has 1 spiro atoms. The molecule has 2 aromatic rings. The SMILES string of the molecule is O=C1NC[C@]2(CCCN(C(=O)c3ccc(-c4ccn[nH]4)cc3)CC2)O1. The van der Waals surface area contributed by atoms with Crippen LogP contribution in [0.15, 0.2) is 36.5 Å².